The molecule has 3 rings (SSSR count). The van der Waals surface area contributed by atoms with Gasteiger partial charge in [0.1, 0.15) is 6.10 Å². The van der Waals surface area contributed by atoms with Crippen LogP contribution in [-0.4, -0.2) is 54.6 Å². The number of Topliss-reactive ketones (excluding diaryl/α,β-unsaturated/α-hetero) is 1. The van der Waals surface area contributed by atoms with E-state index in [4.69, 9.17) is 0 Å². The molecule has 4 heteroatoms. The van der Waals surface area contributed by atoms with Crippen molar-refractivity contribution < 1.29 is 9.90 Å². The molecule has 0 spiro atoms. The van der Waals surface area contributed by atoms with Crippen LogP contribution in [0.2, 0.25) is 0 Å². The smallest absolute Gasteiger partial charge is 0.191 e. The van der Waals surface area contributed by atoms with Gasteiger partial charge >= 0.3 is 0 Å². The van der Waals surface area contributed by atoms with Gasteiger partial charge in [0.05, 0.1) is 0 Å². The Balaban J connectivity index is 1.44. The number of nitrogens with zero attached hydrogens (tertiary/aromatic N) is 2. The Labute approximate surface area is 143 Å². The second-order valence-corrected chi connectivity index (χ2v) is 6.20. The van der Waals surface area contributed by atoms with E-state index in [0.717, 1.165) is 32.7 Å². The van der Waals surface area contributed by atoms with Gasteiger partial charge in [-0.05, 0) is 18.6 Å². The molecule has 1 fully saturated rings. The summed E-state index contributed by atoms with van der Waals surface area (Å²) in [4.78, 5) is 16.9. The number of carbonyl (C=O) groups is 1. The zero-order valence-electron chi connectivity index (χ0n) is 13.8. The first kappa shape index (κ1) is 16.7. The van der Waals surface area contributed by atoms with Gasteiger partial charge in [0.15, 0.2) is 5.78 Å². The monoisotopic (exact) mass is 324 g/mol. The van der Waals surface area contributed by atoms with E-state index < -0.39 is 6.10 Å². The SMILES string of the molecule is O=C(c1ccccc1)[C@H](O)CCN1CCN(c2ccccc2)CC1. The summed E-state index contributed by atoms with van der Waals surface area (Å²) in [7, 11) is 0. The summed E-state index contributed by atoms with van der Waals surface area (Å²) in [6.07, 6.45) is -0.432. The van der Waals surface area contributed by atoms with Gasteiger partial charge in [-0.3, -0.25) is 9.69 Å². The fraction of sp³-hybridized carbons (Fsp3) is 0.350. The highest BCUT2D eigenvalue weighted by molar-refractivity contribution is 5.99. The molecule has 0 saturated carbocycles. The van der Waals surface area contributed by atoms with E-state index in [1.807, 2.05) is 24.3 Å². The van der Waals surface area contributed by atoms with Crippen molar-refractivity contribution >= 4 is 11.5 Å². The molecule has 24 heavy (non-hydrogen) atoms. The maximum atomic E-state index is 12.2. The second kappa shape index (κ2) is 8.08. The maximum Gasteiger partial charge on any atom is 0.191 e. The van der Waals surface area contributed by atoms with Gasteiger partial charge in [-0.25, -0.2) is 0 Å². The van der Waals surface area contributed by atoms with Crippen LogP contribution in [-0.2, 0) is 0 Å². The minimum absolute atomic E-state index is 0.182. The Kier molecular flexibility index (Phi) is 5.62. The highest BCUT2D eigenvalue weighted by Gasteiger charge is 2.21. The summed E-state index contributed by atoms with van der Waals surface area (Å²) in [5.74, 6) is -0.182. The minimum atomic E-state index is -0.917. The van der Waals surface area contributed by atoms with Crippen molar-refractivity contribution in [2.45, 2.75) is 12.5 Å². The first-order valence-corrected chi connectivity index (χ1v) is 8.54. The van der Waals surface area contributed by atoms with Crippen molar-refractivity contribution in [3.8, 4) is 0 Å². The third-order valence-electron chi connectivity index (χ3n) is 4.57. The number of piperazine rings is 1. The quantitative estimate of drug-likeness (QED) is 0.829. The van der Waals surface area contributed by atoms with Crippen LogP contribution in [0.25, 0.3) is 0 Å². The summed E-state index contributed by atoms with van der Waals surface area (Å²) >= 11 is 0. The summed E-state index contributed by atoms with van der Waals surface area (Å²) in [5.41, 5.74) is 1.84. The lowest BCUT2D eigenvalue weighted by Gasteiger charge is -2.36. The zero-order chi connectivity index (χ0) is 16.8. The van der Waals surface area contributed by atoms with Crippen molar-refractivity contribution in [3.63, 3.8) is 0 Å². The molecule has 0 unspecified atom stereocenters. The third kappa shape index (κ3) is 4.22. The number of para-hydroxylation sites is 1. The van der Waals surface area contributed by atoms with E-state index in [2.05, 4.69) is 34.1 Å². The summed E-state index contributed by atoms with van der Waals surface area (Å²) in [6.45, 7) is 4.63. The van der Waals surface area contributed by atoms with E-state index in [-0.39, 0.29) is 5.78 Å². The number of aliphatic hydroxyl groups excluding tert-OH is 1. The molecule has 0 aromatic heterocycles. The molecule has 2 aromatic carbocycles. The standard InChI is InChI=1S/C20H24N2O2/c23-19(20(24)17-7-3-1-4-8-17)11-12-21-13-15-22(16-14-21)18-9-5-2-6-10-18/h1-10,19,23H,11-16H2/t19-/m1/s1. The number of hydrogen-bond donors (Lipinski definition) is 1. The number of aliphatic hydroxyl groups is 1. The second-order valence-electron chi connectivity index (χ2n) is 6.20. The number of rotatable bonds is 6. The molecule has 126 valence electrons. The summed E-state index contributed by atoms with van der Waals surface area (Å²) in [5, 5.41) is 10.1. The first-order valence-electron chi connectivity index (χ1n) is 8.54. The molecular weight excluding hydrogens is 300 g/mol. The average molecular weight is 324 g/mol. The Morgan fingerprint density at radius 2 is 1.50 bits per heavy atom. The lowest BCUT2D eigenvalue weighted by atomic mass is 10.0. The topological polar surface area (TPSA) is 43.8 Å². The van der Waals surface area contributed by atoms with Gasteiger partial charge in [-0.15, -0.1) is 0 Å². The van der Waals surface area contributed by atoms with Crippen molar-refractivity contribution in [2.24, 2.45) is 0 Å². The highest BCUT2D eigenvalue weighted by atomic mass is 16.3. The minimum Gasteiger partial charge on any atom is -0.385 e. The molecular formula is C20H24N2O2. The molecule has 2 aromatic rings. The molecule has 0 amide bonds. The number of benzene rings is 2. The highest BCUT2D eigenvalue weighted by Crippen LogP contribution is 2.16. The molecule has 1 N–H and O–H groups in total. The first-order chi connectivity index (χ1) is 11.7. The van der Waals surface area contributed by atoms with Crippen LogP contribution in [0.15, 0.2) is 60.7 Å². The number of ketones is 1. The lowest BCUT2D eigenvalue weighted by molar-refractivity contribution is 0.0700. The van der Waals surface area contributed by atoms with Crippen LogP contribution in [0.5, 0.6) is 0 Å². The normalized spacial score (nSPS) is 16.8. The van der Waals surface area contributed by atoms with Crippen LogP contribution in [0, 0.1) is 0 Å². The van der Waals surface area contributed by atoms with Crippen LogP contribution >= 0.6 is 0 Å². The van der Waals surface area contributed by atoms with E-state index in [1.54, 1.807) is 12.1 Å². The Morgan fingerprint density at radius 3 is 2.12 bits per heavy atom. The number of hydrogen-bond acceptors (Lipinski definition) is 4. The van der Waals surface area contributed by atoms with Gasteiger partial charge in [0.25, 0.3) is 0 Å². The zero-order valence-corrected chi connectivity index (χ0v) is 13.8. The summed E-state index contributed by atoms with van der Waals surface area (Å²) in [6, 6.07) is 19.5. The van der Waals surface area contributed by atoms with E-state index in [1.165, 1.54) is 5.69 Å². The predicted octanol–water partition coefficient (Wildman–Crippen LogP) is 2.44. The molecule has 0 bridgehead atoms. The fourth-order valence-corrected chi connectivity index (χ4v) is 3.10. The molecule has 0 aliphatic carbocycles. The van der Waals surface area contributed by atoms with Gasteiger partial charge in [-0.2, -0.15) is 0 Å². The predicted molar refractivity (Wildman–Crippen MR) is 96.5 cm³/mol. The Hall–Kier alpha value is -2.17. The third-order valence-corrected chi connectivity index (χ3v) is 4.57. The molecule has 1 aliphatic heterocycles. The maximum absolute atomic E-state index is 12.2. The van der Waals surface area contributed by atoms with Crippen molar-refractivity contribution in [1.82, 2.24) is 4.90 Å². The van der Waals surface area contributed by atoms with Crippen molar-refractivity contribution in [3.05, 3.63) is 66.2 Å². The summed E-state index contributed by atoms with van der Waals surface area (Å²) < 4.78 is 0. The molecule has 0 radical (unpaired) electrons. The number of anilines is 1. The average Bonchev–Trinajstić information content (AvgIpc) is 2.67. The van der Waals surface area contributed by atoms with E-state index in [9.17, 15) is 9.90 Å². The van der Waals surface area contributed by atoms with Gasteiger partial charge < -0.3 is 10.0 Å². The van der Waals surface area contributed by atoms with Crippen molar-refractivity contribution in [1.29, 1.82) is 0 Å². The largest absolute Gasteiger partial charge is 0.385 e. The molecule has 1 saturated heterocycles. The van der Waals surface area contributed by atoms with Gasteiger partial charge in [0.2, 0.25) is 0 Å². The van der Waals surface area contributed by atoms with Crippen molar-refractivity contribution in [2.75, 3.05) is 37.6 Å². The molecule has 1 aliphatic rings. The molecule has 1 atom stereocenters. The number of carbonyl (C=O) groups excluding carboxylic acids is 1. The Bertz CT molecular complexity index is 637. The van der Waals surface area contributed by atoms with E-state index >= 15 is 0 Å². The van der Waals surface area contributed by atoms with Crippen LogP contribution in [0.1, 0.15) is 16.8 Å². The fourth-order valence-electron chi connectivity index (χ4n) is 3.10. The van der Waals surface area contributed by atoms with Crippen LogP contribution in [0.4, 0.5) is 5.69 Å². The van der Waals surface area contributed by atoms with Gasteiger partial charge in [-0.1, -0.05) is 48.5 Å². The van der Waals surface area contributed by atoms with Crippen LogP contribution < -0.4 is 4.90 Å². The van der Waals surface area contributed by atoms with Crippen LogP contribution in [0.3, 0.4) is 0 Å². The Morgan fingerprint density at radius 1 is 0.917 bits per heavy atom. The molecule has 4 nitrogen and oxygen atoms in total. The molecule has 1 heterocycles. The van der Waals surface area contributed by atoms with E-state index in [0.29, 0.717) is 12.0 Å². The van der Waals surface area contributed by atoms with Gasteiger partial charge in [0, 0.05) is 44.0 Å². The lowest BCUT2D eigenvalue weighted by Crippen LogP contribution is -2.47.